The number of carbonyl (C=O) groups is 1. The zero-order valence-corrected chi connectivity index (χ0v) is 15.6. The number of non-ortho nitro benzene ring substituents is 1. The van der Waals surface area contributed by atoms with E-state index in [4.69, 9.17) is 16.0 Å². The van der Waals surface area contributed by atoms with Crippen LogP contribution < -0.4 is 5.43 Å². The molecule has 2 aromatic heterocycles. The number of thiazole rings is 1. The molecule has 0 atom stereocenters. The maximum Gasteiger partial charge on any atom is 0.270 e. The Morgan fingerprint density at radius 1 is 1.44 bits per heavy atom. The molecule has 0 unspecified atom stereocenters. The molecule has 0 bridgehead atoms. The van der Waals surface area contributed by atoms with Crippen LogP contribution >= 0.6 is 22.9 Å². The SMILES string of the molecule is Cc1nc(CC(=O)N/N=C\c2ccc(-c3ccc([N+](=O)[O-])cc3Cl)o2)cs1. The van der Waals surface area contributed by atoms with Gasteiger partial charge in [-0.25, -0.2) is 10.4 Å². The molecule has 27 heavy (non-hydrogen) atoms. The zero-order valence-electron chi connectivity index (χ0n) is 14.0. The molecule has 3 aromatic rings. The monoisotopic (exact) mass is 404 g/mol. The Bertz CT molecular complexity index is 1030. The van der Waals surface area contributed by atoms with Crippen LogP contribution in [0, 0.1) is 17.0 Å². The van der Waals surface area contributed by atoms with Gasteiger partial charge in [0.1, 0.15) is 11.5 Å². The number of nitrogens with one attached hydrogen (secondary N) is 1. The second-order valence-electron chi connectivity index (χ2n) is 5.45. The number of aryl methyl sites for hydroxylation is 1. The van der Waals surface area contributed by atoms with Crippen LogP contribution in [-0.4, -0.2) is 22.0 Å². The van der Waals surface area contributed by atoms with E-state index in [9.17, 15) is 14.9 Å². The fourth-order valence-corrected chi connectivity index (χ4v) is 3.13. The molecule has 0 spiro atoms. The highest BCUT2D eigenvalue weighted by Crippen LogP contribution is 2.31. The van der Waals surface area contributed by atoms with E-state index < -0.39 is 4.92 Å². The molecule has 0 fully saturated rings. The molecule has 8 nitrogen and oxygen atoms in total. The number of nitrogens with zero attached hydrogens (tertiary/aromatic N) is 3. The van der Waals surface area contributed by atoms with Crippen molar-refractivity contribution in [3.8, 4) is 11.3 Å². The van der Waals surface area contributed by atoms with E-state index in [0.717, 1.165) is 5.01 Å². The summed E-state index contributed by atoms with van der Waals surface area (Å²) in [7, 11) is 0. The van der Waals surface area contributed by atoms with Gasteiger partial charge in [0.25, 0.3) is 5.69 Å². The quantitative estimate of drug-likeness (QED) is 0.379. The predicted molar refractivity (Wildman–Crippen MR) is 102 cm³/mol. The topological polar surface area (TPSA) is 111 Å². The van der Waals surface area contributed by atoms with Gasteiger partial charge in [-0.3, -0.25) is 14.9 Å². The lowest BCUT2D eigenvalue weighted by Gasteiger charge is -2.00. The molecule has 1 amide bonds. The van der Waals surface area contributed by atoms with Gasteiger partial charge in [0.05, 0.1) is 33.3 Å². The van der Waals surface area contributed by atoms with E-state index in [0.29, 0.717) is 22.8 Å². The van der Waals surface area contributed by atoms with Crippen LogP contribution in [0.25, 0.3) is 11.3 Å². The number of halogens is 1. The molecule has 0 aliphatic rings. The normalized spacial score (nSPS) is 11.0. The van der Waals surface area contributed by atoms with Crippen molar-refractivity contribution in [1.82, 2.24) is 10.4 Å². The molecule has 2 heterocycles. The Kier molecular flexibility index (Phi) is 5.63. The Morgan fingerprint density at radius 2 is 2.26 bits per heavy atom. The van der Waals surface area contributed by atoms with Gasteiger partial charge < -0.3 is 4.42 Å². The van der Waals surface area contributed by atoms with Gasteiger partial charge >= 0.3 is 0 Å². The number of nitro benzene ring substituents is 1. The molecule has 0 aliphatic carbocycles. The molecule has 3 rings (SSSR count). The summed E-state index contributed by atoms with van der Waals surface area (Å²) >= 11 is 7.56. The summed E-state index contributed by atoms with van der Waals surface area (Å²) in [5.74, 6) is 0.534. The summed E-state index contributed by atoms with van der Waals surface area (Å²) < 4.78 is 5.59. The number of carbonyl (C=O) groups excluding carboxylic acids is 1. The second kappa shape index (κ2) is 8.11. The molecule has 10 heteroatoms. The summed E-state index contributed by atoms with van der Waals surface area (Å²) in [6.07, 6.45) is 1.50. The Morgan fingerprint density at radius 3 is 2.93 bits per heavy atom. The number of hydrazone groups is 1. The number of benzene rings is 1. The van der Waals surface area contributed by atoms with Crippen molar-refractivity contribution in [2.75, 3.05) is 0 Å². The van der Waals surface area contributed by atoms with E-state index >= 15 is 0 Å². The number of hydrogen-bond acceptors (Lipinski definition) is 7. The van der Waals surface area contributed by atoms with Crippen LogP contribution in [0.3, 0.4) is 0 Å². The minimum Gasteiger partial charge on any atom is -0.455 e. The molecule has 138 valence electrons. The number of rotatable bonds is 6. The smallest absolute Gasteiger partial charge is 0.270 e. The minimum absolute atomic E-state index is 0.102. The third kappa shape index (κ3) is 4.78. The minimum atomic E-state index is -0.522. The first-order valence-electron chi connectivity index (χ1n) is 7.69. The summed E-state index contributed by atoms with van der Waals surface area (Å²) in [5, 5.41) is 17.5. The van der Waals surface area contributed by atoms with Crippen molar-refractivity contribution in [1.29, 1.82) is 0 Å². The lowest BCUT2D eigenvalue weighted by atomic mass is 10.1. The number of amides is 1. The molecule has 0 saturated heterocycles. The fourth-order valence-electron chi connectivity index (χ4n) is 2.25. The highest BCUT2D eigenvalue weighted by atomic mass is 35.5. The van der Waals surface area contributed by atoms with E-state index in [1.807, 2.05) is 12.3 Å². The lowest BCUT2D eigenvalue weighted by molar-refractivity contribution is -0.384. The van der Waals surface area contributed by atoms with E-state index in [1.54, 1.807) is 12.1 Å². The molecule has 0 radical (unpaired) electrons. The first-order chi connectivity index (χ1) is 12.9. The van der Waals surface area contributed by atoms with Gasteiger partial charge in [0.2, 0.25) is 5.91 Å². The fraction of sp³-hybridized carbons (Fsp3) is 0.118. The average Bonchev–Trinajstić information content (AvgIpc) is 3.24. The molecule has 1 N–H and O–H groups in total. The van der Waals surface area contributed by atoms with Gasteiger partial charge in [-0.05, 0) is 25.1 Å². The number of nitro groups is 1. The maximum absolute atomic E-state index is 11.8. The van der Waals surface area contributed by atoms with E-state index in [2.05, 4.69) is 15.5 Å². The van der Waals surface area contributed by atoms with Crippen LogP contribution in [0.5, 0.6) is 0 Å². The molecule has 0 saturated carbocycles. The highest BCUT2D eigenvalue weighted by molar-refractivity contribution is 7.09. The molecule has 0 aliphatic heterocycles. The Hall–Kier alpha value is -3.04. The zero-order chi connectivity index (χ0) is 19.4. The summed E-state index contributed by atoms with van der Waals surface area (Å²) in [6, 6.07) is 7.42. The third-order valence-electron chi connectivity index (χ3n) is 3.45. The summed E-state index contributed by atoms with van der Waals surface area (Å²) in [4.78, 5) is 26.3. The van der Waals surface area contributed by atoms with Crippen molar-refractivity contribution >= 4 is 40.7 Å². The van der Waals surface area contributed by atoms with Gasteiger partial charge in [-0.15, -0.1) is 11.3 Å². The molecular formula is C17H13ClN4O4S. The predicted octanol–water partition coefficient (Wildman–Crippen LogP) is 3.97. The van der Waals surface area contributed by atoms with Gasteiger partial charge in [-0.1, -0.05) is 11.6 Å². The van der Waals surface area contributed by atoms with E-state index in [1.165, 1.54) is 35.8 Å². The first kappa shape index (κ1) is 18.7. The van der Waals surface area contributed by atoms with Crippen LogP contribution in [0.1, 0.15) is 16.5 Å². The number of hydrogen-bond donors (Lipinski definition) is 1. The van der Waals surface area contributed by atoms with Gasteiger partial charge in [-0.2, -0.15) is 5.10 Å². The van der Waals surface area contributed by atoms with Crippen molar-refractivity contribution in [2.45, 2.75) is 13.3 Å². The van der Waals surface area contributed by atoms with Crippen molar-refractivity contribution < 1.29 is 14.1 Å². The number of furan rings is 1. The lowest BCUT2D eigenvalue weighted by Crippen LogP contribution is -2.19. The third-order valence-corrected chi connectivity index (χ3v) is 4.58. The maximum atomic E-state index is 11.8. The van der Waals surface area contributed by atoms with Crippen LogP contribution in [0.2, 0.25) is 5.02 Å². The Labute approximate surface area is 162 Å². The Balaban J connectivity index is 1.63. The average molecular weight is 405 g/mol. The first-order valence-corrected chi connectivity index (χ1v) is 8.95. The summed E-state index contributed by atoms with van der Waals surface area (Å²) in [5.41, 5.74) is 3.51. The van der Waals surface area contributed by atoms with Crippen molar-refractivity contribution in [3.05, 3.63) is 67.3 Å². The van der Waals surface area contributed by atoms with Gasteiger partial charge in [0, 0.05) is 23.1 Å². The van der Waals surface area contributed by atoms with Crippen LogP contribution in [-0.2, 0) is 11.2 Å². The largest absolute Gasteiger partial charge is 0.455 e. The number of aromatic nitrogens is 1. The molecular weight excluding hydrogens is 392 g/mol. The van der Waals surface area contributed by atoms with Crippen LogP contribution in [0.4, 0.5) is 5.69 Å². The standard InChI is InChI=1S/C17H13ClN4O4S/c1-10-20-11(9-27-10)6-17(23)21-19-8-13-3-5-16(26-13)14-4-2-12(22(24)25)7-15(14)18/h2-5,7-9H,6H2,1H3,(H,21,23)/b19-8-. The van der Waals surface area contributed by atoms with Gasteiger partial charge in [0.15, 0.2) is 0 Å². The molecule has 1 aromatic carbocycles. The van der Waals surface area contributed by atoms with E-state index in [-0.39, 0.29) is 23.0 Å². The highest BCUT2D eigenvalue weighted by Gasteiger charge is 2.13. The van der Waals surface area contributed by atoms with Crippen molar-refractivity contribution in [2.24, 2.45) is 5.10 Å². The van der Waals surface area contributed by atoms with Crippen LogP contribution in [0.15, 0.2) is 45.2 Å². The second-order valence-corrected chi connectivity index (χ2v) is 6.92. The summed E-state index contributed by atoms with van der Waals surface area (Å²) in [6.45, 7) is 1.87. The van der Waals surface area contributed by atoms with Crippen molar-refractivity contribution in [3.63, 3.8) is 0 Å².